The molecule has 1 aliphatic carbocycles. The van der Waals surface area contributed by atoms with Crippen LogP contribution in [0.1, 0.15) is 25.6 Å². The van der Waals surface area contributed by atoms with Crippen molar-refractivity contribution in [2.24, 2.45) is 16.9 Å². The summed E-state index contributed by atoms with van der Waals surface area (Å²) in [6, 6.07) is 2.08. The normalized spacial score (nSPS) is 19.1. The second-order valence-corrected chi connectivity index (χ2v) is 10.1. The molecule has 2 fully saturated rings. The number of fused-ring (bicyclic) bond motifs is 3. The molecule has 1 aromatic carbocycles. The predicted octanol–water partition coefficient (Wildman–Crippen LogP) is 2.38. The Balaban J connectivity index is 1.54. The van der Waals surface area contributed by atoms with Gasteiger partial charge in [-0.15, -0.1) is 0 Å². The first-order chi connectivity index (χ1) is 17.6. The second-order valence-electron chi connectivity index (χ2n) is 10.1. The number of halogens is 1. The summed E-state index contributed by atoms with van der Waals surface area (Å²) in [6.45, 7) is 4.72. The van der Waals surface area contributed by atoms with Gasteiger partial charge >= 0.3 is 6.01 Å². The lowest BCUT2D eigenvalue weighted by Crippen LogP contribution is -2.39. The highest BCUT2D eigenvalue weighted by Crippen LogP contribution is 2.53. The number of benzene rings is 1. The van der Waals surface area contributed by atoms with Gasteiger partial charge in [0.15, 0.2) is 5.75 Å². The molecular weight excluding hydrogens is 477 g/mol. The Morgan fingerprint density at radius 3 is 2.68 bits per heavy atom. The van der Waals surface area contributed by atoms with E-state index in [-0.39, 0.29) is 23.4 Å². The minimum absolute atomic E-state index is 0.0136. The first-order valence-electron chi connectivity index (χ1n) is 12.2. The van der Waals surface area contributed by atoms with Crippen LogP contribution in [0.4, 0.5) is 15.9 Å². The Kier molecular flexibility index (Phi) is 5.28. The van der Waals surface area contributed by atoms with Crippen molar-refractivity contribution in [1.29, 1.82) is 0 Å². The van der Waals surface area contributed by atoms with E-state index in [1.54, 1.807) is 33.3 Å². The third-order valence-corrected chi connectivity index (χ3v) is 7.41. The summed E-state index contributed by atoms with van der Waals surface area (Å²) in [5, 5.41) is 1.19. The van der Waals surface area contributed by atoms with Crippen LogP contribution in [-0.4, -0.2) is 63.0 Å². The van der Waals surface area contributed by atoms with E-state index in [4.69, 9.17) is 21.2 Å². The van der Waals surface area contributed by atoms with Crippen LogP contribution < -0.4 is 26.0 Å². The number of likely N-dealkylation sites (N-methyl/N-ethyl adjacent to an activating group) is 1. The highest BCUT2D eigenvalue weighted by atomic mass is 19.1. The fourth-order valence-electron chi connectivity index (χ4n) is 5.15. The summed E-state index contributed by atoms with van der Waals surface area (Å²) < 4.78 is 20.9. The molecule has 11 nitrogen and oxygen atoms in total. The quantitative estimate of drug-likeness (QED) is 0.371. The summed E-state index contributed by atoms with van der Waals surface area (Å²) in [7, 11) is 1.57. The van der Waals surface area contributed by atoms with Gasteiger partial charge in [-0.3, -0.25) is 4.79 Å². The molecule has 1 saturated heterocycles. The van der Waals surface area contributed by atoms with Gasteiger partial charge < -0.3 is 31.0 Å². The third-order valence-electron chi connectivity index (χ3n) is 7.41. The van der Waals surface area contributed by atoms with Crippen LogP contribution in [0.5, 0.6) is 11.8 Å². The van der Waals surface area contributed by atoms with Crippen molar-refractivity contribution in [1.82, 2.24) is 24.9 Å². The molecule has 1 aliphatic heterocycles. The van der Waals surface area contributed by atoms with E-state index in [0.29, 0.717) is 51.6 Å². The van der Waals surface area contributed by atoms with Crippen molar-refractivity contribution in [3.05, 3.63) is 36.2 Å². The zero-order chi connectivity index (χ0) is 26.1. The van der Waals surface area contributed by atoms with E-state index in [9.17, 15) is 9.18 Å². The number of anilines is 2. The number of hydrogen-bond acceptors (Lipinski definition) is 9. The number of carbonyl (C=O) groups is 1. The molecule has 3 aromatic heterocycles. The number of aromatic nitrogens is 5. The zero-order valence-corrected chi connectivity index (χ0v) is 20.8. The van der Waals surface area contributed by atoms with Gasteiger partial charge in [0.1, 0.15) is 23.1 Å². The number of ether oxygens (including phenoxy) is 1. The van der Waals surface area contributed by atoms with E-state index in [1.807, 2.05) is 0 Å². The summed E-state index contributed by atoms with van der Waals surface area (Å²) in [5.74, 6) is 0.754. The average molecular weight is 506 g/mol. The number of aromatic amines is 1. The number of H-pyrrole nitrogens is 1. The number of nitrogens with zero attached hydrogens (tertiary/aromatic N) is 6. The Morgan fingerprint density at radius 2 is 2.03 bits per heavy atom. The smallest absolute Gasteiger partial charge is 0.326 e. The number of rotatable bonds is 5. The molecule has 6 rings (SSSR count). The van der Waals surface area contributed by atoms with E-state index >= 15 is 0 Å². The van der Waals surface area contributed by atoms with E-state index in [0.717, 1.165) is 19.4 Å². The Morgan fingerprint density at radius 1 is 1.30 bits per heavy atom. The van der Waals surface area contributed by atoms with Crippen molar-refractivity contribution in [3.8, 4) is 11.8 Å². The average Bonchev–Trinajstić information content (AvgIpc) is 3.45. The third kappa shape index (κ3) is 3.92. The van der Waals surface area contributed by atoms with Crippen LogP contribution in [-0.2, 0) is 4.79 Å². The lowest BCUT2D eigenvalue weighted by atomic mass is 10.0. The molecule has 0 unspecified atom stereocenters. The minimum atomic E-state index is -0.749. The van der Waals surface area contributed by atoms with Crippen LogP contribution in [0, 0.1) is 18.2 Å². The largest absolute Gasteiger partial charge is 0.421 e. The van der Waals surface area contributed by atoms with Gasteiger partial charge in [0.05, 0.1) is 35.0 Å². The number of carbonyl (C=O) groups excluding carboxylic acids is 1. The number of amides is 1. The minimum Gasteiger partial charge on any atom is -0.421 e. The molecule has 0 bridgehead atoms. The number of nitrogens with one attached hydrogen (secondary N) is 1. The molecular formula is C25H28FN9O2. The van der Waals surface area contributed by atoms with Crippen molar-refractivity contribution >= 4 is 39.3 Å². The summed E-state index contributed by atoms with van der Waals surface area (Å²) in [5.41, 5.74) is 13.8. The lowest BCUT2D eigenvalue weighted by Gasteiger charge is -2.20. The van der Waals surface area contributed by atoms with Crippen LogP contribution in [0.3, 0.4) is 0 Å². The molecule has 1 saturated carbocycles. The van der Waals surface area contributed by atoms with E-state index in [2.05, 4.69) is 24.8 Å². The number of aryl methyl sites for hydroxylation is 1. The first kappa shape index (κ1) is 23.5. The number of nitrogens with two attached hydrogens (primary N) is 2. The Bertz CT molecular complexity index is 1530. The molecule has 2 aliphatic rings. The molecule has 5 N–H and O–H groups in total. The van der Waals surface area contributed by atoms with Gasteiger partial charge in [-0.1, -0.05) is 0 Å². The van der Waals surface area contributed by atoms with Gasteiger partial charge in [-0.25, -0.2) is 14.4 Å². The first-order valence-corrected chi connectivity index (χ1v) is 12.2. The second kappa shape index (κ2) is 8.32. The predicted molar refractivity (Wildman–Crippen MR) is 137 cm³/mol. The lowest BCUT2D eigenvalue weighted by molar-refractivity contribution is -0.119. The van der Waals surface area contributed by atoms with Crippen molar-refractivity contribution in [2.75, 3.05) is 29.9 Å². The molecule has 37 heavy (non-hydrogen) atoms. The fourth-order valence-corrected chi connectivity index (χ4v) is 5.15. The van der Waals surface area contributed by atoms with Gasteiger partial charge in [0.2, 0.25) is 5.91 Å². The molecule has 1 amide bonds. The molecule has 1 spiro atoms. The highest BCUT2D eigenvalue weighted by Gasteiger charge is 2.54. The molecule has 0 radical (unpaired) electrons. The standard InChI is InChI=1S/C25H28FN9O2/c1-12(27)23(36)34(3)17-7-14(26)6-16-19-21(31-20(16)17)32-24(37-15-8-29-13(2)30-9-15)33-22(19)35-10-18(28)25(11-35)4-5-25/h6-9,12,18H,4-5,10-11,27-28H2,1-3H3,(H,31,32,33)/t12-,18-/m0/s1. The van der Waals surface area contributed by atoms with Gasteiger partial charge in [-0.05, 0) is 38.8 Å². The maximum atomic E-state index is 14.9. The molecule has 4 aromatic rings. The van der Waals surface area contributed by atoms with Crippen LogP contribution in [0.25, 0.3) is 21.9 Å². The number of hydrogen-bond donors (Lipinski definition) is 3. The van der Waals surface area contributed by atoms with E-state index < -0.39 is 11.9 Å². The SMILES string of the molecule is Cc1ncc(Oc2nc(N3C[C@H](N)C4(CC4)C3)c3c(n2)[nH]c2c(N(C)C(=O)[C@H](C)N)cc(F)cc23)cn1. The van der Waals surface area contributed by atoms with Crippen molar-refractivity contribution < 1.29 is 13.9 Å². The monoisotopic (exact) mass is 505 g/mol. The molecule has 4 heterocycles. The highest BCUT2D eigenvalue weighted by molar-refractivity contribution is 6.16. The topological polar surface area (TPSA) is 152 Å². The van der Waals surface area contributed by atoms with Crippen LogP contribution in [0.15, 0.2) is 24.5 Å². The fraction of sp³-hybridized carbons (Fsp3) is 0.400. The van der Waals surface area contributed by atoms with Gasteiger partial charge in [0, 0.05) is 37.0 Å². The zero-order valence-electron chi connectivity index (χ0n) is 20.8. The van der Waals surface area contributed by atoms with E-state index in [1.165, 1.54) is 17.0 Å². The van der Waals surface area contributed by atoms with Crippen molar-refractivity contribution in [2.45, 2.75) is 38.8 Å². The van der Waals surface area contributed by atoms with Crippen LogP contribution >= 0.6 is 0 Å². The molecule has 12 heteroatoms. The summed E-state index contributed by atoms with van der Waals surface area (Å²) in [4.78, 5) is 37.1. The summed E-state index contributed by atoms with van der Waals surface area (Å²) >= 11 is 0. The molecule has 192 valence electrons. The summed E-state index contributed by atoms with van der Waals surface area (Å²) in [6.07, 6.45) is 5.24. The van der Waals surface area contributed by atoms with Crippen LogP contribution in [0.2, 0.25) is 0 Å². The maximum Gasteiger partial charge on any atom is 0.326 e. The molecule has 2 atom stereocenters. The Labute approximate surface area is 212 Å². The van der Waals surface area contributed by atoms with Gasteiger partial charge in [-0.2, -0.15) is 9.97 Å². The van der Waals surface area contributed by atoms with Crippen molar-refractivity contribution in [3.63, 3.8) is 0 Å². The van der Waals surface area contributed by atoms with Gasteiger partial charge in [0.25, 0.3) is 0 Å². The Hall–Kier alpha value is -3.90. The maximum absolute atomic E-state index is 14.9.